The molecular formula is C38H49N5O9S. The molecule has 0 aliphatic carbocycles. The molecule has 0 saturated carbocycles. The fourth-order valence-electron chi connectivity index (χ4n) is 6.65. The van der Waals surface area contributed by atoms with Crippen LogP contribution in [0.1, 0.15) is 82.1 Å². The molecule has 3 heterocycles. The summed E-state index contributed by atoms with van der Waals surface area (Å²) >= 11 is 0.802. The fourth-order valence-corrected chi connectivity index (χ4v) is 7.42. The van der Waals surface area contributed by atoms with Crippen LogP contribution in [-0.4, -0.2) is 91.1 Å². The van der Waals surface area contributed by atoms with Crippen molar-refractivity contribution in [1.29, 1.82) is 5.26 Å². The summed E-state index contributed by atoms with van der Waals surface area (Å²) in [6.07, 6.45) is 5.29. The molecule has 0 fully saturated rings. The highest BCUT2D eigenvalue weighted by Crippen LogP contribution is 2.40. The van der Waals surface area contributed by atoms with E-state index in [2.05, 4.69) is 15.5 Å². The summed E-state index contributed by atoms with van der Waals surface area (Å²) < 4.78 is 16.0. The van der Waals surface area contributed by atoms with Gasteiger partial charge in [-0.3, -0.25) is 14.4 Å². The van der Waals surface area contributed by atoms with E-state index in [-0.39, 0.29) is 29.4 Å². The Balaban J connectivity index is 1.55. The highest BCUT2D eigenvalue weighted by Gasteiger charge is 2.33. The zero-order chi connectivity index (χ0) is 39.0. The second kappa shape index (κ2) is 17.8. The number of hydrogen-bond donors (Lipinski definition) is 2. The number of aryl methyl sites for hydroxylation is 3. The van der Waals surface area contributed by atoms with Crippen molar-refractivity contribution in [1.82, 2.24) is 15.5 Å². The summed E-state index contributed by atoms with van der Waals surface area (Å²) in [6.45, 7) is 10.5. The third-order valence-electron chi connectivity index (χ3n) is 9.26. The van der Waals surface area contributed by atoms with E-state index in [1.54, 1.807) is 27.7 Å². The second-order valence-electron chi connectivity index (χ2n) is 14.3. The lowest BCUT2D eigenvalue weighted by atomic mass is 9.88. The Bertz CT molecular complexity index is 1890. The number of ether oxygens (including phenoxy) is 2. The molecule has 0 spiro atoms. The number of nitrogens with one attached hydrogen (secondary N) is 2. The number of carbonyl (C=O) groups excluding carboxylic acids is 5. The number of thioether (sulfide) groups is 1. The van der Waals surface area contributed by atoms with E-state index in [4.69, 9.17) is 13.9 Å². The Kier molecular flexibility index (Phi) is 13.7. The van der Waals surface area contributed by atoms with Gasteiger partial charge in [-0.25, -0.2) is 14.4 Å². The molecule has 2 atom stereocenters. The maximum Gasteiger partial charge on any atom is 0.407 e. The van der Waals surface area contributed by atoms with Gasteiger partial charge in [-0.2, -0.15) is 5.26 Å². The Hall–Kier alpha value is -4.84. The largest absolute Gasteiger partial charge is 0.467 e. The molecule has 53 heavy (non-hydrogen) atoms. The van der Waals surface area contributed by atoms with Crippen molar-refractivity contribution in [2.24, 2.45) is 0 Å². The maximum atomic E-state index is 13.8. The fraction of sp³-hybridized carbons (Fsp3) is 0.553. The van der Waals surface area contributed by atoms with Crippen molar-refractivity contribution in [2.45, 2.75) is 97.2 Å². The molecule has 14 nitrogen and oxygen atoms in total. The summed E-state index contributed by atoms with van der Waals surface area (Å²) in [6, 6.07) is 1.53. The van der Waals surface area contributed by atoms with Gasteiger partial charge in [0.25, 0.3) is 5.91 Å². The number of unbranched alkanes of at least 4 members (excludes halogenated alkanes) is 1. The lowest BCUT2D eigenvalue weighted by Crippen LogP contribution is -2.53. The first-order chi connectivity index (χ1) is 25.1. The molecule has 0 bridgehead atoms. The van der Waals surface area contributed by atoms with Gasteiger partial charge in [0.2, 0.25) is 5.91 Å². The molecule has 3 amide bonds. The van der Waals surface area contributed by atoms with Gasteiger partial charge in [-0.05, 0) is 95.9 Å². The number of amides is 3. The molecule has 1 aromatic heterocycles. The van der Waals surface area contributed by atoms with Crippen molar-refractivity contribution < 1.29 is 37.9 Å². The Morgan fingerprint density at radius 2 is 1.85 bits per heavy atom. The van der Waals surface area contributed by atoms with Gasteiger partial charge in [0, 0.05) is 56.0 Å². The van der Waals surface area contributed by atoms with E-state index in [9.17, 15) is 34.0 Å². The summed E-state index contributed by atoms with van der Waals surface area (Å²) in [5.41, 5.74) is 2.73. The number of anilines is 1. The molecule has 2 aliphatic rings. The minimum Gasteiger partial charge on any atom is -0.467 e. The van der Waals surface area contributed by atoms with Gasteiger partial charge < -0.3 is 34.3 Å². The summed E-state index contributed by atoms with van der Waals surface area (Å²) in [7, 11) is 2.49. The van der Waals surface area contributed by atoms with Crippen LogP contribution >= 0.6 is 11.8 Å². The lowest BCUT2D eigenvalue weighted by Gasteiger charge is -2.37. The van der Waals surface area contributed by atoms with Crippen LogP contribution in [-0.2, 0) is 41.5 Å². The normalized spacial score (nSPS) is 15.1. The first kappa shape index (κ1) is 40.9. The Labute approximate surface area is 313 Å². The maximum absolute atomic E-state index is 13.8. The first-order valence-electron chi connectivity index (χ1n) is 17.8. The molecule has 0 unspecified atom stereocenters. The number of benzene rings is 1. The average molecular weight is 752 g/mol. The molecule has 0 saturated heterocycles. The Morgan fingerprint density at radius 3 is 2.49 bits per heavy atom. The Morgan fingerprint density at radius 1 is 1.15 bits per heavy atom. The van der Waals surface area contributed by atoms with E-state index in [0.29, 0.717) is 24.0 Å². The molecular weight excluding hydrogens is 703 g/mol. The number of hydrogen-bond acceptors (Lipinski definition) is 12. The SMILES string of the molecule is COC(=O)[C@H](CCCCNC(=O)OC(C)(C)C)NC(=O)[C@H](CSC(C)=O)N(C)C(=O)/C(C#N)=C/c1c(C)c2cc3c4c(c2oc1=O)CCCN4CCC3. The van der Waals surface area contributed by atoms with Crippen LogP contribution in [0.2, 0.25) is 0 Å². The van der Waals surface area contributed by atoms with E-state index in [1.807, 2.05) is 12.1 Å². The van der Waals surface area contributed by atoms with Crippen molar-refractivity contribution in [3.05, 3.63) is 44.3 Å². The van der Waals surface area contributed by atoms with Gasteiger partial charge in [-0.15, -0.1) is 0 Å². The first-order valence-corrected chi connectivity index (χ1v) is 18.8. The number of methoxy groups -OCH3 is 1. The van der Waals surface area contributed by atoms with Crippen molar-refractivity contribution in [2.75, 3.05) is 44.4 Å². The predicted octanol–water partition coefficient (Wildman–Crippen LogP) is 4.17. The van der Waals surface area contributed by atoms with E-state index in [1.165, 1.54) is 32.7 Å². The summed E-state index contributed by atoms with van der Waals surface area (Å²) in [4.78, 5) is 80.9. The van der Waals surface area contributed by atoms with Crippen LogP contribution in [0.3, 0.4) is 0 Å². The van der Waals surface area contributed by atoms with Crippen molar-refractivity contribution in [3.8, 4) is 6.07 Å². The van der Waals surface area contributed by atoms with Gasteiger partial charge in [0.05, 0.1) is 12.7 Å². The molecule has 2 N–H and O–H groups in total. The number of alkyl carbamates (subject to hydrolysis) is 1. The average Bonchev–Trinajstić information content (AvgIpc) is 3.10. The molecule has 2 aliphatic heterocycles. The highest BCUT2D eigenvalue weighted by atomic mass is 32.2. The van der Waals surface area contributed by atoms with Crippen molar-refractivity contribution in [3.63, 3.8) is 0 Å². The summed E-state index contributed by atoms with van der Waals surface area (Å²) in [5, 5.41) is 15.8. The predicted molar refractivity (Wildman–Crippen MR) is 201 cm³/mol. The molecule has 286 valence electrons. The van der Waals surface area contributed by atoms with Crippen LogP contribution in [0.4, 0.5) is 10.5 Å². The third kappa shape index (κ3) is 10.2. The zero-order valence-electron chi connectivity index (χ0n) is 31.5. The van der Waals surface area contributed by atoms with Crippen LogP contribution in [0.5, 0.6) is 0 Å². The van der Waals surface area contributed by atoms with Gasteiger partial charge in [-0.1, -0.05) is 11.8 Å². The number of rotatable bonds is 13. The minimum atomic E-state index is -1.29. The van der Waals surface area contributed by atoms with Gasteiger partial charge >= 0.3 is 17.7 Å². The number of nitrogens with zero attached hydrogens (tertiary/aromatic N) is 3. The summed E-state index contributed by atoms with van der Waals surface area (Å²) in [5.74, 6) is -2.50. The zero-order valence-corrected chi connectivity index (χ0v) is 32.3. The van der Waals surface area contributed by atoms with Crippen molar-refractivity contribution >= 4 is 63.5 Å². The van der Waals surface area contributed by atoms with E-state index in [0.717, 1.165) is 72.1 Å². The molecule has 15 heteroatoms. The van der Waals surface area contributed by atoms with E-state index >= 15 is 0 Å². The van der Waals surface area contributed by atoms with Gasteiger partial charge in [0.15, 0.2) is 5.12 Å². The monoisotopic (exact) mass is 751 g/mol. The molecule has 4 rings (SSSR count). The van der Waals surface area contributed by atoms with E-state index < -0.39 is 52.8 Å². The number of fused-ring (bicyclic) bond motifs is 2. The topological polar surface area (TPSA) is 188 Å². The number of nitriles is 1. The standard InChI is InChI=1S/C38H49N5O9S/c1-22-27-18-24-12-10-16-43-17-11-13-26(31(24)43)32(27)51-35(47)28(22)19-25(20-39)34(46)42(6)30(21-53-23(2)44)33(45)41-29(36(48)50-7)14-8-9-15-40-37(49)52-38(3,4)5/h18-19,29-30H,8-17,21H2,1-7H3,(H,40,49)(H,41,45)/b25-19+/t29-,30-/m0/s1. The van der Waals surface area contributed by atoms with Crippen LogP contribution in [0.15, 0.2) is 20.9 Å². The second-order valence-corrected chi connectivity index (χ2v) is 15.5. The van der Waals surface area contributed by atoms with Crippen LogP contribution in [0.25, 0.3) is 17.0 Å². The lowest BCUT2D eigenvalue weighted by molar-refractivity contribution is -0.146. The highest BCUT2D eigenvalue weighted by molar-refractivity contribution is 8.13. The number of likely N-dealkylation sites (N-methyl/N-ethyl adjacent to an activating group) is 1. The van der Waals surface area contributed by atoms with Crippen LogP contribution in [0, 0.1) is 18.3 Å². The number of carbonyl (C=O) groups is 5. The van der Waals surface area contributed by atoms with Crippen LogP contribution < -0.4 is 21.2 Å². The molecule has 0 radical (unpaired) electrons. The minimum absolute atomic E-state index is 0.0532. The van der Waals surface area contributed by atoms with Gasteiger partial charge in [0.1, 0.15) is 34.9 Å². The quantitative estimate of drug-likeness (QED) is 0.0980. The number of esters is 1. The smallest absolute Gasteiger partial charge is 0.407 e. The third-order valence-corrected chi connectivity index (χ3v) is 10.1. The molecule has 2 aromatic rings. The molecule has 1 aromatic carbocycles.